The van der Waals surface area contributed by atoms with Crippen LogP contribution >= 0.6 is 0 Å². The lowest BCUT2D eigenvalue weighted by Crippen LogP contribution is -2.09. The molecule has 0 aromatic rings. The quantitative estimate of drug-likeness (QED) is 0.498. The molecule has 12 heavy (non-hydrogen) atoms. The maximum absolute atomic E-state index is 11.6. The molecule has 0 fully saturated rings. The van der Waals surface area contributed by atoms with E-state index in [1.165, 1.54) is 0 Å². The van der Waals surface area contributed by atoms with E-state index in [1.54, 1.807) is 0 Å². The van der Waals surface area contributed by atoms with E-state index in [0.717, 1.165) is 0 Å². The molecule has 0 spiro atoms. The topological polar surface area (TPSA) is 18.5 Å². The first-order valence-corrected chi connectivity index (χ1v) is 5.43. The molecular formula is C4H6F3O2Si3. The molecule has 0 N–H and O–H groups in total. The molecule has 7 radical (unpaired) electrons. The molecule has 0 bridgehead atoms. The fourth-order valence-corrected chi connectivity index (χ4v) is 1.97. The molecule has 0 heterocycles. The van der Waals surface area contributed by atoms with Crippen LogP contribution in [0, 0.1) is 0 Å². The van der Waals surface area contributed by atoms with E-state index in [4.69, 9.17) is 4.12 Å². The van der Waals surface area contributed by atoms with E-state index in [1.807, 2.05) is 0 Å². The van der Waals surface area contributed by atoms with E-state index in [0.29, 0.717) is 6.04 Å². The average Bonchev–Trinajstić information content (AvgIpc) is 1.94. The summed E-state index contributed by atoms with van der Waals surface area (Å²) in [6.45, 7) is 0. The van der Waals surface area contributed by atoms with Crippen molar-refractivity contribution in [2.24, 2.45) is 0 Å². The molecule has 2 nitrogen and oxygen atoms in total. The summed E-state index contributed by atoms with van der Waals surface area (Å²) in [5.74, 6) is 0. The Morgan fingerprint density at radius 3 is 2.50 bits per heavy atom. The molecule has 0 unspecified atom stereocenters. The van der Waals surface area contributed by atoms with Gasteiger partial charge in [-0.05, 0) is 12.5 Å². The Hall–Kier alpha value is 0.361. The fourth-order valence-electron chi connectivity index (χ4n) is 0.462. The molecule has 0 aliphatic rings. The lowest BCUT2D eigenvalue weighted by molar-refractivity contribution is -0.134. The molecule has 0 aromatic carbocycles. The van der Waals surface area contributed by atoms with Gasteiger partial charge in [0, 0.05) is 6.42 Å². The maximum atomic E-state index is 11.6. The summed E-state index contributed by atoms with van der Waals surface area (Å²) in [7, 11) is 2.64. The van der Waals surface area contributed by atoms with Crippen molar-refractivity contribution in [1.82, 2.24) is 0 Å². The molecule has 0 amide bonds. The Morgan fingerprint density at radius 2 is 2.00 bits per heavy atom. The first kappa shape index (κ1) is 12.4. The maximum Gasteiger partial charge on any atom is 0.409 e. The third-order valence-corrected chi connectivity index (χ3v) is 2.70. The molecule has 0 aromatic heterocycles. The minimum absolute atomic E-state index is 0.0812. The van der Waals surface area contributed by atoms with Gasteiger partial charge in [0.1, 0.15) is 0 Å². The van der Waals surface area contributed by atoms with Crippen molar-refractivity contribution in [3.63, 3.8) is 0 Å². The Kier molecular flexibility index (Phi) is 7.04. The van der Waals surface area contributed by atoms with Gasteiger partial charge in [0.25, 0.3) is 0 Å². The fraction of sp³-hybridized carbons (Fsp3) is 1.00. The van der Waals surface area contributed by atoms with Crippen LogP contribution in [0.2, 0.25) is 6.04 Å². The minimum Gasteiger partial charge on any atom is -0.435 e. The van der Waals surface area contributed by atoms with Crippen LogP contribution in [0.1, 0.15) is 12.8 Å². The zero-order valence-corrected chi connectivity index (χ0v) is 9.07. The average molecular weight is 227 g/mol. The van der Waals surface area contributed by atoms with Crippen molar-refractivity contribution in [3.05, 3.63) is 0 Å². The molecule has 0 aliphatic heterocycles. The van der Waals surface area contributed by atoms with Gasteiger partial charge in [-0.2, -0.15) is 13.2 Å². The van der Waals surface area contributed by atoms with Gasteiger partial charge in [-0.3, -0.25) is 0 Å². The van der Waals surface area contributed by atoms with Crippen LogP contribution in [0.3, 0.4) is 0 Å². The SMILES string of the molecule is FC(F)(F)CCC[Si]O[Si]O[Si]. The second kappa shape index (κ2) is 6.83. The Bertz CT molecular complexity index is 110. The Labute approximate surface area is 77.4 Å². The zero-order chi connectivity index (χ0) is 9.45. The van der Waals surface area contributed by atoms with E-state index in [-0.39, 0.29) is 26.2 Å². The first-order valence-electron chi connectivity index (χ1n) is 3.09. The summed E-state index contributed by atoms with van der Waals surface area (Å²) in [6, 6.07) is 0.433. The Morgan fingerprint density at radius 1 is 1.33 bits per heavy atom. The van der Waals surface area contributed by atoms with E-state index >= 15 is 0 Å². The van der Waals surface area contributed by atoms with Crippen molar-refractivity contribution in [2.45, 2.75) is 25.1 Å². The number of hydrogen-bond acceptors (Lipinski definition) is 2. The highest BCUT2D eigenvalue weighted by atomic mass is 28.3. The summed E-state index contributed by atoms with van der Waals surface area (Å²) in [5, 5.41) is 0. The van der Waals surface area contributed by atoms with Crippen molar-refractivity contribution in [2.75, 3.05) is 0 Å². The summed E-state index contributed by atoms with van der Waals surface area (Å²) in [6.07, 6.45) is -4.66. The van der Waals surface area contributed by atoms with Crippen LogP contribution in [-0.4, -0.2) is 36.4 Å². The van der Waals surface area contributed by atoms with Crippen LogP contribution in [0.15, 0.2) is 0 Å². The van der Waals surface area contributed by atoms with Crippen molar-refractivity contribution in [1.29, 1.82) is 0 Å². The lowest BCUT2D eigenvalue weighted by atomic mass is 10.3. The highest BCUT2D eigenvalue weighted by Gasteiger charge is 2.25. The van der Waals surface area contributed by atoms with E-state index in [2.05, 4.69) is 14.6 Å². The molecule has 0 saturated carbocycles. The van der Waals surface area contributed by atoms with Gasteiger partial charge in [-0.1, -0.05) is 0 Å². The van der Waals surface area contributed by atoms with Crippen molar-refractivity contribution < 1.29 is 21.4 Å². The van der Waals surface area contributed by atoms with Gasteiger partial charge < -0.3 is 8.23 Å². The first-order chi connectivity index (χ1) is 5.56. The van der Waals surface area contributed by atoms with Gasteiger partial charge in [0.05, 0.1) is 0 Å². The van der Waals surface area contributed by atoms with Crippen LogP contribution in [0.25, 0.3) is 0 Å². The van der Waals surface area contributed by atoms with Gasteiger partial charge in [0.15, 0.2) is 0 Å². The molecule has 0 rings (SSSR count). The van der Waals surface area contributed by atoms with Crippen molar-refractivity contribution >= 4 is 30.3 Å². The summed E-state index contributed by atoms with van der Waals surface area (Å²) >= 11 is 0. The lowest BCUT2D eigenvalue weighted by Gasteiger charge is -2.04. The number of halogens is 3. The number of alkyl halides is 3. The highest BCUT2D eigenvalue weighted by Crippen LogP contribution is 2.21. The molecular weight excluding hydrogens is 221 g/mol. The summed E-state index contributed by atoms with van der Waals surface area (Å²) < 4.78 is 43.9. The number of hydrogen-bond donors (Lipinski definition) is 0. The molecule has 0 aliphatic carbocycles. The third-order valence-electron chi connectivity index (χ3n) is 0.895. The highest BCUT2D eigenvalue weighted by molar-refractivity contribution is 6.41. The van der Waals surface area contributed by atoms with Crippen LogP contribution in [0.5, 0.6) is 0 Å². The third kappa shape index (κ3) is 10.4. The predicted octanol–water partition coefficient (Wildman–Crippen LogP) is 1.02. The zero-order valence-electron chi connectivity index (χ0n) is 6.07. The smallest absolute Gasteiger partial charge is 0.409 e. The van der Waals surface area contributed by atoms with E-state index in [9.17, 15) is 13.2 Å². The van der Waals surface area contributed by atoms with E-state index < -0.39 is 12.6 Å². The number of rotatable bonds is 6. The minimum atomic E-state index is -4.04. The predicted molar refractivity (Wildman–Crippen MR) is 39.5 cm³/mol. The normalized spacial score (nSPS) is 12.0. The van der Waals surface area contributed by atoms with Gasteiger partial charge in [-0.25, -0.2) is 0 Å². The second-order valence-corrected chi connectivity index (χ2v) is 4.49. The summed E-state index contributed by atoms with van der Waals surface area (Å²) in [4.78, 5) is 0. The standard InChI is InChI=1S/C4H6F3O2Si3/c5-4(6,7)2-1-3-11-9-12-8-10/h1-3H2. The second-order valence-electron chi connectivity index (χ2n) is 1.90. The molecule has 8 heteroatoms. The van der Waals surface area contributed by atoms with Gasteiger partial charge >= 0.3 is 16.2 Å². The van der Waals surface area contributed by atoms with Crippen molar-refractivity contribution in [3.8, 4) is 0 Å². The summed E-state index contributed by atoms with van der Waals surface area (Å²) in [5.41, 5.74) is 0. The van der Waals surface area contributed by atoms with Crippen LogP contribution < -0.4 is 0 Å². The van der Waals surface area contributed by atoms with Gasteiger partial charge in [0.2, 0.25) is 20.2 Å². The van der Waals surface area contributed by atoms with Gasteiger partial charge in [-0.15, -0.1) is 0 Å². The molecule has 0 saturated heterocycles. The monoisotopic (exact) mass is 227 g/mol. The molecule has 67 valence electrons. The van der Waals surface area contributed by atoms with Crippen LogP contribution in [0.4, 0.5) is 13.2 Å². The Balaban J connectivity index is 3.01. The van der Waals surface area contributed by atoms with Crippen LogP contribution in [-0.2, 0) is 8.23 Å². The largest absolute Gasteiger partial charge is 0.435 e. The molecule has 0 atom stereocenters.